The summed E-state index contributed by atoms with van der Waals surface area (Å²) in [7, 11) is 0. The molecule has 0 spiro atoms. The van der Waals surface area contributed by atoms with Gasteiger partial charge in [-0.05, 0) is 45.7 Å². The molecule has 0 aromatic heterocycles. The van der Waals surface area contributed by atoms with Crippen molar-refractivity contribution in [1.29, 1.82) is 0 Å². The van der Waals surface area contributed by atoms with Crippen LogP contribution in [0, 0.1) is 0 Å². The number of hydrogen-bond acceptors (Lipinski definition) is 2. The van der Waals surface area contributed by atoms with Gasteiger partial charge in [0.25, 0.3) is 0 Å². The van der Waals surface area contributed by atoms with Crippen LogP contribution in [0.5, 0.6) is 0 Å². The number of nitrogens with one attached hydrogen (secondary N) is 2. The SMILES string of the molecule is CC(CNC(=O)NC1CC1)N1CCCC1. The lowest BCUT2D eigenvalue weighted by molar-refractivity contribution is 0.226. The second kappa shape index (κ2) is 4.84. The van der Waals surface area contributed by atoms with Gasteiger partial charge in [0.05, 0.1) is 0 Å². The molecule has 0 bridgehead atoms. The zero-order valence-corrected chi connectivity index (χ0v) is 9.46. The average molecular weight is 211 g/mol. The first-order chi connectivity index (χ1) is 7.25. The third-order valence-corrected chi connectivity index (χ3v) is 3.23. The Bertz CT molecular complexity index is 222. The molecule has 1 heterocycles. The number of carbonyl (C=O) groups excluding carboxylic acids is 1. The van der Waals surface area contributed by atoms with Crippen LogP contribution in [0.3, 0.4) is 0 Å². The highest BCUT2D eigenvalue weighted by atomic mass is 16.2. The number of hydrogen-bond donors (Lipinski definition) is 2. The van der Waals surface area contributed by atoms with Crippen LogP contribution in [0.15, 0.2) is 0 Å². The smallest absolute Gasteiger partial charge is 0.315 e. The Kier molecular flexibility index (Phi) is 3.46. The van der Waals surface area contributed by atoms with Crippen LogP contribution >= 0.6 is 0 Å². The highest BCUT2D eigenvalue weighted by Crippen LogP contribution is 2.18. The standard InChI is InChI=1S/C11H21N3O/c1-9(14-6-2-3-7-14)8-12-11(15)13-10-4-5-10/h9-10H,2-8H2,1H3,(H2,12,13,15). The van der Waals surface area contributed by atoms with E-state index in [0.29, 0.717) is 12.1 Å². The van der Waals surface area contributed by atoms with Gasteiger partial charge >= 0.3 is 6.03 Å². The molecule has 2 fully saturated rings. The van der Waals surface area contributed by atoms with Gasteiger partial charge in [-0.25, -0.2) is 4.79 Å². The molecule has 2 aliphatic rings. The molecule has 15 heavy (non-hydrogen) atoms. The minimum Gasteiger partial charge on any atom is -0.337 e. The second-order valence-electron chi connectivity index (χ2n) is 4.72. The molecular formula is C11H21N3O. The van der Waals surface area contributed by atoms with Gasteiger partial charge in [0.2, 0.25) is 0 Å². The Morgan fingerprint density at radius 2 is 2.07 bits per heavy atom. The van der Waals surface area contributed by atoms with Crippen molar-refractivity contribution < 1.29 is 4.79 Å². The fourth-order valence-electron chi connectivity index (χ4n) is 2.02. The lowest BCUT2D eigenvalue weighted by Gasteiger charge is -2.23. The number of amides is 2. The minimum atomic E-state index is 0.00328. The Morgan fingerprint density at radius 1 is 1.40 bits per heavy atom. The van der Waals surface area contributed by atoms with E-state index >= 15 is 0 Å². The summed E-state index contributed by atoms with van der Waals surface area (Å²) in [5, 5.41) is 5.87. The quantitative estimate of drug-likeness (QED) is 0.726. The summed E-state index contributed by atoms with van der Waals surface area (Å²) in [4.78, 5) is 13.8. The lowest BCUT2D eigenvalue weighted by atomic mass is 10.3. The molecule has 0 aromatic rings. The molecule has 1 atom stereocenters. The van der Waals surface area contributed by atoms with E-state index in [4.69, 9.17) is 0 Å². The molecule has 2 amide bonds. The maximum atomic E-state index is 11.4. The van der Waals surface area contributed by atoms with Crippen molar-refractivity contribution in [2.45, 2.75) is 44.7 Å². The molecule has 0 aromatic carbocycles. The molecule has 1 unspecified atom stereocenters. The fourth-order valence-corrected chi connectivity index (χ4v) is 2.02. The lowest BCUT2D eigenvalue weighted by Crippen LogP contribution is -2.44. The maximum Gasteiger partial charge on any atom is 0.315 e. The van der Waals surface area contributed by atoms with E-state index in [2.05, 4.69) is 22.5 Å². The first kappa shape index (κ1) is 10.7. The number of likely N-dealkylation sites (tertiary alicyclic amines) is 1. The molecule has 1 aliphatic carbocycles. The fraction of sp³-hybridized carbons (Fsp3) is 0.909. The van der Waals surface area contributed by atoms with Crippen molar-refractivity contribution in [2.24, 2.45) is 0 Å². The van der Waals surface area contributed by atoms with E-state index in [-0.39, 0.29) is 6.03 Å². The molecule has 1 aliphatic heterocycles. The first-order valence-electron chi connectivity index (χ1n) is 6.04. The van der Waals surface area contributed by atoms with E-state index in [1.807, 2.05) is 0 Å². The third-order valence-electron chi connectivity index (χ3n) is 3.23. The number of carbonyl (C=O) groups is 1. The topological polar surface area (TPSA) is 44.4 Å². The molecule has 2 N–H and O–H groups in total. The van der Waals surface area contributed by atoms with Crippen LogP contribution < -0.4 is 10.6 Å². The molecule has 0 radical (unpaired) electrons. The van der Waals surface area contributed by atoms with Gasteiger partial charge in [0, 0.05) is 18.6 Å². The molecule has 1 saturated carbocycles. The van der Waals surface area contributed by atoms with E-state index < -0.39 is 0 Å². The van der Waals surface area contributed by atoms with Gasteiger partial charge in [-0.3, -0.25) is 4.90 Å². The number of rotatable bonds is 4. The minimum absolute atomic E-state index is 0.00328. The van der Waals surface area contributed by atoms with Gasteiger partial charge in [-0.2, -0.15) is 0 Å². The van der Waals surface area contributed by atoms with E-state index in [0.717, 1.165) is 19.4 Å². The normalized spacial score (nSPS) is 23.8. The molecule has 1 saturated heterocycles. The summed E-state index contributed by atoms with van der Waals surface area (Å²) in [6, 6.07) is 0.924. The van der Waals surface area contributed by atoms with Crippen LogP contribution in [-0.2, 0) is 0 Å². The Balaban J connectivity index is 1.60. The number of urea groups is 1. The average Bonchev–Trinajstić information content (AvgIpc) is 2.86. The van der Waals surface area contributed by atoms with Gasteiger partial charge in [-0.15, -0.1) is 0 Å². The van der Waals surface area contributed by atoms with Crippen LogP contribution in [0.4, 0.5) is 4.79 Å². The van der Waals surface area contributed by atoms with Crippen molar-refractivity contribution in [3.8, 4) is 0 Å². The zero-order chi connectivity index (χ0) is 10.7. The summed E-state index contributed by atoms with van der Waals surface area (Å²) in [5.41, 5.74) is 0. The van der Waals surface area contributed by atoms with Gasteiger partial charge < -0.3 is 10.6 Å². The maximum absolute atomic E-state index is 11.4. The summed E-state index contributed by atoms with van der Waals surface area (Å²) in [6.07, 6.45) is 4.90. The van der Waals surface area contributed by atoms with Crippen LogP contribution in [-0.4, -0.2) is 42.6 Å². The van der Waals surface area contributed by atoms with E-state index in [9.17, 15) is 4.79 Å². The number of nitrogens with zero attached hydrogens (tertiary/aromatic N) is 1. The van der Waals surface area contributed by atoms with Crippen molar-refractivity contribution in [3.05, 3.63) is 0 Å². The molecule has 2 rings (SSSR count). The third kappa shape index (κ3) is 3.38. The largest absolute Gasteiger partial charge is 0.337 e. The van der Waals surface area contributed by atoms with Gasteiger partial charge in [0.15, 0.2) is 0 Å². The first-order valence-corrected chi connectivity index (χ1v) is 6.04. The summed E-state index contributed by atoms with van der Waals surface area (Å²) < 4.78 is 0. The predicted molar refractivity (Wildman–Crippen MR) is 59.8 cm³/mol. The summed E-state index contributed by atoms with van der Waals surface area (Å²) in [6.45, 7) is 5.32. The van der Waals surface area contributed by atoms with Gasteiger partial charge in [-0.1, -0.05) is 0 Å². The van der Waals surface area contributed by atoms with Crippen molar-refractivity contribution in [1.82, 2.24) is 15.5 Å². The summed E-state index contributed by atoms with van der Waals surface area (Å²) in [5.74, 6) is 0. The second-order valence-corrected chi connectivity index (χ2v) is 4.72. The van der Waals surface area contributed by atoms with Gasteiger partial charge in [0.1, 0.15) is 0 Å². The highest BCUT2D eigenvalue weighted by molar-refractivity contribution is 5.74. The Labute approximate surface area is 91.4 Å². The van der Waals surface area contributed by atoms with Crippen LogP contribution in [0.2, 0.25) is 0 Å². The van der Waals surface area contributed by atoms with Crippen molar-refractivity contribution in [2.75, 3.05) is 19.6 Å². The Hall–Kier alpha value is -0.770. The van der Waals surface area contributed by atoms with Crippen molar-refractivity contribution in [3.63, 3.8) is 0 Å². The molecule has 86 valence electrons. The highest BCUT2D eigenvalue weighted by Gasteiger charge is 2.24. The molecular weight excluding hydrogens is 190 g/mol. The molecule has 4 nitrogen and oxygen atoms in total. The van der Waals surface area contributed by atoms with E-state index in [1.54, 1.807) is 0 Å². The predicted octanol–water partition coefficient (Wildman–Crippen LogP) is 0.932. The molecule has 4 heteroatoms. The van der Waals surface area contributed by atoms with Crippen molar-refractivity contribution >= 4 is 6.03 Å². The van der Waals surface area contributed by atoms with E-state index in [1.165, 1.54) is 25.9 Å². The Morgan fingerprint density at radius 3 is 2.67 bits per heavy atom. The van der Waals surface area contributed by atoms with Crippen LogP contribution in [0.1, 0.15) is 32.6 Å². The summed E-state index contributed by atoms with van der Waals surface area (Å²) >= 11 is 0. The van der Waals surface area contributed by atoms with Crippen LogP contribution in [0.25, 0.3) is 0 Å². The zero-order valence-electron chi connectivity index (χ0n) is 9.46. The monoisotopic (exact) mass is 211 g/mol.